The van der Waals surface area contributed by atoms with E-state index in [-0.39, 0.29) is 0 Å². The Labute approximate surface area is 333 Å². The summed E-state index contributed by atoms with van der Waals surface area (Å²) in [6.07, 6.45) is 0. The van der Waals surface area contributed by atoms with Crippen molar-refractivity contribution >= 4 is 93.6 Å². The molecule has 0 atom stereocenters. The zero-order chi connectivity index (χ0) is 37.9. The SMILES string of the molecule is c1ccc(-c2cccc(-c3ccc(N(c4ccc5c(c4)n4c6ccccc6c6ccc7c8ccccc8n5c7c64)c4cccc5oc6ccccc6c45)cc3)c2)cc1. The summed E-state index contributed by atoms with van der Waals surface area (Å²) in [6, 6.07) is 72.4. The molecule has 0 spiro atoms. The highest BCUT2D eigenvalue weighted by molar-refractivity contribution is 6.25. The highest BCUT2D eigenvalue weighted by atomic mass is 16.3. The van der Waals surface area contributed by atoms with Crippen molar-refractivity contribution in [1.29, 1.82) is 0 Å². The fraction of sp³-hybridized carbons (Fsp3) is 0. The Balaban J connectivity index is 1.08. The fourth-order valence-electron chi connectivity index (χ4n) is 9.70. The predicted molar refractivity (Wildman–Crippen MR) is 242 cm³/mol. The van der Waals surface area contributed by atoms with Gasteiger partial charge in [-0.2, -0.15) is 0 Å². The minimum Gasteiger partial charge on any atom is -0.456 e. The first kappa shape index (κ1) is 31.4. The molecule has 0 aliphatic carbocycles. The average Bonchev–Trinajstić information content (AvgIpc) is 3.96. The standard InChI is InChI=1S/C54H33N3O/c1-2-12-34(13-3-1)36-14-10-15-37(32-36)35-24-26-38(27-25-35)55(48-21-11-23-51-52(48)44-18-6-9-22-50(44)58-51)39-28-31-47-49(33-39)57-46-20-8-5-17-41(46)43-30-29-42-40-16-4-7-19-45(40)56(47)53(42)54(43)57/h1-33H. The molecule has 13 aromatic rings. The lowest BCUT2D eigenvalue weighted by Gasteiger charge is -2.27. The number of hydrogen-bond donors (Lipinski definition) is 0. The molecule has 4 aromatic heterocycles. The number of nitrogens with zero attached hydrogens (tertiary/aromatic N) is 3. The van der Waals surface area contributed by atoms with Crippen LogP contribution in [0.4, 0.5) is 17.1 Å². The quantitative estimate of drug-likeness (QED) is 0.164. The third kappa shape index (κ3) is 4.34. The second-order valence-corrected chi connectivity index (χ2v) is 15.3. The Morgan fingerprint density at radius 2 is 0.879 bits per heavy atom. The van der Waals surface area contributed by atoms with Crippen molar-refractivity contribution in [2.75, 3.05) is 4.90 Å². The lowest BCUT2D eigenvalue weighted by molar-refractivity contribution is 0.669. The number of fused-ring (bicyclic) bond motifs is 12. The van der Waals surface area contributed by atoms with Gasteiger partial charge in [0.15, 0.2) is 0 Å². The van der Waals surface area contributed by atoms with E-state index in [2.05, 4.69) is 208 Å². The molecule has 0 fully saturated rings. The van der Waals surface area contributed by atoms with Gasteiger partial charge in [0.1, 0.15) is 11.2 Å². The van der Waals surface area contributed by atoms with Gasteiger partial charge in [-0.1, -0.05) is 133 Å². The van der Waals surface area contributed by atoms with Gasteiger partial charge in [0.2, 0.25) is 0 Å². The number of anilines is 3. The molecule has 270 valence electrons. The van der Waals surface area contributed by atoms with Crippen molar-refractivity contribution in [3.63, 3.8) is 0 Å². The van der Waals surface area contributed by atoms with Crippen LogP contribution >= 0.6 is 0 Å². The van der Waals surface area contributed by atoms with Crippen LogP contribution in [-0.4, -0.2) is 8.80 Å². The molecule has 0 bridgehead atoms. The van der Waals surface area contributed by atoms with Crippen LogP contribution in [0.15, 0.2) is 205 Å². The lowest BCUT2D eigenvalue weighted by atomic mass is 9.99. The summed E-state index contributed by atoms with van der Waals surface area (Å²) in [4.78, 5) is 2.40. The monoisotopic (exact) mass is 739 g/mol. The Bertz CT molecular complexity index is 3740. The van der Waals surface area contributed by atoms with E-state index in [0.29, 0.717) is 0 Å². The maximum Gasteiger partial charge on any atom is 0.137 e. The first-order valence-corrected chi connectivity index (χ1v) is 19.8. The minimum absolute atomic E-state index is 0.865. The van der Waals surface area contributed by atoms with Crippen LogP contribution in [0.25, 0.3) is 98.8 Å². The molecule has 58 heavy (non-hydrogen) atoms. The van der Waals surface area contributed by atoms with E-state index in [1.165, 1.54) is 65.9 Å². The summed E-state index contributed by atoms with van der Waals surface area (Å²) in [5, 5.41) is 7.25. The minimum atomic E-state index is 0.865. The van der Waals surface area contributed by atoms with Gasteiger partial charge in [-0.3, -0.25) is 0 Å². The molecule has 4 heteroatoms. The van der Waals surface area contributed by atoms with E-state index < -0.39 is 0 Å². The topological polar surface area (TPSA) is 25.2 Å². The van der Waals surface area contributed by atoms with Crippen molar-refractivity contribution in [2.45, 2.75) is 0 Å². The Kier molecular flexibility index (Phi) is 6.41. The highest BCUT2D eigenvalue weighted by Gasteiger charge is 2.24. The third-order valence-electron chi connectivity index (χ3n) is 12.2. The van der Waals surface area contributed by atoms with Gasteiger partial charge in [-0.25, -0.2) is 0 Å². The number of furan rings is 1. The molecular formula is C54H33N3O. The van der Waals surface area contributed by atoms with Gasteiger partial charge < -0.3 is 18.1 Å². The van der Waals surface area contributed by atoms with Crippen LogP contribution < -0.4 is 4.90 Å². The number of aromatic nitrogens is 2. The van der Waals surface area contributed by atoms with Gasteiger partial charge in [0, 0.05) is 38.3 Å². The van der Waals surface area contributed by atoms with Crippen LogP contribution in [0.1, 0.15) is 0 Å². The van der Waals surface area contributed by atoms with Gasteiger partial charge in [-0.05, 0) is 89.0 Å². The van der Waals surface area contributed by atoms with Crippen LogP contribution in [0, 0.1) is 0 Å². The second kappa shape index (κ2) is 11.8. The number of rotatable bonds is 5. The zero-order valence-corrected chi connectivity index (χ0v) is 31.3. The van der Waals surface area contributed by atoms with E-state index in [9.17, 15) is 0 Å². The third-order valence-corrected chi connectivity index (χ3v) is 12.2. The molecular weight excluding hydrogens is 707 g/mol. The summed E-state index contributed by atoms with van der Waals surface area (Å²) in [5.41, 5.74) is 16.9. The smallest absolute Gasteiger partial charge is 0.137 e. The summed E-state index contributed by atoms with van der Waals surface area (Å²) in [7, 11) is 0. The van der Waals surface area contributed by atoms with E-state index >= 15 is 0 Å². The van der Waals surface area contributed by atoms with Crippen LogP contribution in [0.2, 0.25) is 0 Å². The van der Waals surface area contributed by atoms with Crippen LogP contribution in [0.5, 0.6) is 0 Å². The van der Waals surface area contributed by atoms with Gasteiger partial charge in [0.05, 0.1) is 44.2 Å². The maximum atomic E-state index is 6.48. The van der Waals surface area contributed by atoms with Crippen molar-refractivity contribution in [2.24, 2.45) is 0 Å². The van der Waals surface area contributed by atoms with Crippen molar-refractivity contribution in [3.8, 4) is 22.3 Å². The first-order chi connectivity index (χ1) is 28.8. The lowest BCUT2D eigenvalue weighted by Crippen LogP contribution is -2.11. The number of benzene rings is 9. The average molecular weight is 740 g/mol. The maximum absolute atomic E-state index is 6.48. The fourth-order valence-corrected chi connectivity index (χ4v) is 9.70. The molecule has 0 saturated carbocycles. The Morgan fingerprint density at radius 1 is 0.328 bits per heavy atom. The zero-order valence-electron chi connectivity index (χ0n) is 31.3. The van der Waals surface area contributed by atoms with Crippen LogP contribution in [-0.2, 0) is 0 Å². The van der Waals surface area contributed by atoms with E-state index in [1.807, 2.05) is 6.07 Å². The summed E-state index contributed by atoms with van der Waals surface area (Å²) < 4.78 is 11.5. The first-order valence-electron chi connectivity index (χ1n) is 19.8. The molecule has 0 unspecified atom stereocenters. The molecule has 0 N–H and O–H groups in total. The van der Waals surface area contributed by atoms with Crippen molar-refractivity contribution in [1.82, 2.24) is 8.80 Å². The summed E-state index contributed by atoms with van der Waals surface area (Å²) in [5.74, 6) is 0. The highest BCUT2D eigenvalue weighted by Crippen LogP contribution is 2.46. The van der Waals surface area contributed by atoms with Gasteiger partial charge >= 0.3 is 0 Å². The summed E-state index contributed by atoms with van der Waals surface area (Å²) >= 11 is 0. The molecule has 0 aliphatic rings. The Morgan fingerprint density at radius 3 is 1.60 bits per heavy atom. The Hall–Kier alpha value is -7.82. The van der Waals surface area contributed by atoms with E-state index in [1.54, 1.807) is 0 Å². The molecule has 0 amide bonds. The van der Waals surface area contributed by atoms with Crippen molar-refractivity contribution < 1.29 is 4.42 Å². The normalized spacial score (nSPS) is 12.1. The number of hydrogen-bond acceptors (Lipinski definition) is 2. The van der Waals surface area contributed by atoms with Gasteiger partial charge in [-0.15, -0.1) is 0 Å². The summed E-state index contributed by atoms with van der Waals surface area (Å²) in [6.45, 7) is 0. The van der Waals surface area contributed by atoms with Gasteiger partial charge in [0.25, 0.3) is 0 Å². The van der Waals surface area contributed by atoms with Crippen molar-refractivity contribution in [3.05, 3.63) is 200 Å². The molecule has 4 heterocycles. The van der Waals surface area contributed by atoms with E-state index in [0.717, 1.165) is 50.0 Å². The molecule has 0 saturated heterocycles. The van der Waals surface area contributed by atoms with E-state index in [4.69, 9.17) is 4.42 Å². The van der Waals surface area contributed by atoms with Crippen LogP contribution in [0.3, 0.4) is 0 Å². The second-order valence-electron chi connectivity index (χ2n) is 15.3. The number of para-hydroxylation sites is 3. The molecule has 0 radical (unpaired) electrons. The molecule has 13 rings (SSSR count). The largest absolute Gasteiger partial charge is 0.456 e. The predicted octanol–water partition coefficient (Wildman–Crippen LogP) is 14.9. The molecule has 9 aromatic carbocycles. The molecule has 0 aliphatic heterocycles. The molecule has 4 nitrogen and oxygen atoms in total.